The Hall–Kier alpha value is -2.97. The van der Waals surface area contributed by atoms with Crippen molar-refractivity contribution in [3.8, 4) is 11.3 Å². The van der Waals surface area contributed by atoms with Crippen LogP contribution in [-0.4, -0.2) is 35.4 Å². The summed E-state index contributed by atoms with van der Waals surface area (Å²) in [5.74, 6) is 0.749. The molecule has 154 valence electrons. The summed E-state index contributed by atoms with van der Waals surface area (Å²) in [6, 6.07) is 18.6. The van der Waals surface area contributed by atoms with Gasteiger partial charge in [0.1, 0.15) is 6.29 Å². The highest BCUT2D eigenvalue weighted by molar-refractivity contribution is 5.64. The van der Waals surface area contributed by atoms with E-state index >= 15 is 0 Å². The fourth-order valence-electron chi connectivity index (χ4n) is 4.35. The minimum atomic E-state index is -0.354. The lowest BCUT2D eigenvalue weighted by Crippen LogP contribution is -2.65. The van der Waals surface area contributed by atoms with Gasteiger partial charge in [0.05, 0.1) is 12.4 Å². The zero-order valence-corrected chi connectivity index (χ0v) is 16.7. The van der Waals surface area contributed by atoms with Crippen molar-refractivity contribution < 1.29 is 4.42 Å². The number of anilines is 1. The molecule has 0 saturated heterocycles. The Kier molecular flexibility index (Phi) is 5.10. The van der Waals surface area contributed by atoms with Gasteiger partial charge in [0.2, 0.25) is 0 Å². The molecule has 3 aromatic rings. The number of benzene rings is 2. The molecule has 0 spiro atoms. The molecule has 2 aliphatic rings. The van der Waals surface area contributed by atoms with E-state index in [1.54, 1.807) is 6.20 Å². The summed E-state index contributed by atoms with van der Waals surface area (Å²) in [7, 11) is 0. The second-order valence-corrected chi connectivity index (χ2v) is 7.70. The first-order valence-electron chi connectivity index (χ1n) is 10.2. The first-order valence-corrected chi connectivity index (χ1v) is 10.2. The SMILES string of the molecule is NC1C2=C(CCNC2)N(c2ccc(-c3cnco3)cc2)C(N)N1Cc1ccccc1. The maximum atomic E-state index is 6.82. The Labute approximate surface area is 176 Å². The van der Waals surface area contributed by atoms with E-state index in [0.29, 0.717) is 6.54 Å². The van der Waals surface area contributed by atoms with E-state index < -0.39 is 0 Å². The highest BCUT2D eigenvalue weighted by Gasteiger charge is 2.38. The van der Waals surface area contributed by atoms with Crippen LogP contribution in [0.3, 0.4) is 0 Å². The Bertz CT molecular complexity index is 1020. The van der Waals surface area contributed by atoms with Crippen molar-refractivity contribution in [2.75, 3.05) is 18.0 Å². The largest absolute Gasteiger partial charge is 0.444 e. The van der Waals surface area contributed by atoms with Gasteiger partial charge in [-0.2, -0.15) is 0 Å². The van der Waals surface area contributed by atoms with Crippen LogP contribution in [0.15, 0.2) is 82.9 Å². The Morgan fingerprint density at radius 1 is 1.07 bits per heavy atom. The van der Waals surface area contributed by atoms with E-state index in [-0.39, 0.29) is 12.5 Å². The van der Waals surface area contributed by atoms with E-state index in [4.69, 9.17) is 15.9 Å². The molecule has 7 nitrogen and oxygen atoms in total. The highest BCUT2D eigenvalue weighted by atomic mass is 16.3. The second-order valence-electron chi connectivity index (χ2n) is 7.70. The molecule has 2 aliphatic heterocycles. The minimum absolute atomic E-state index is 0.215. The molecule has 0 radical (unpaired) electrons. The summed E-state index contributed by atoms with van der Waals surface area (Å²) < 4.78 is 5.42. The zero-order valence-electron chi connectivity index (χ0n) is 16.7. The number of hydrogen-bond acceptors (Lipinski definition) is 7. The summed E-state index contributed by atoms with van der Waals surface area (Å²) >= 11 is 0. The Balaban J connectivity index is 1.51. The van der Waals surface area contributed by atoms with Gasteiger partial charge in [-0.1, -0.05) is 30.3 Å². The van der Waals surface area contributed by atoms with Crippen molar-refractivity contribution in [1.29, 1.82) is 0 Å². The number of oxazole rings is 1. The van der Waals surface area contributed by atoms with Crippen LogP contribution >= 0.6 is 0 Å². The van der Waals surface area contributed by atoms with Gasteiger partial charge in [-0.25, -0.2) is 9.88 Å². The molecule has 1 aromatic heterocycles. The first-order chi connectivity index (χ1) is 14.7. The van der Waals surface area contributed by atoms with Gasteiger partial charge in [0, 0.05) is 43.0 Å². The van der Waals surface area contributed by atoms with Gasteiger partial charge >= 0.3 is 0 Å². The van der Waals surface area contributed by atoms with Crippen LogP contribution in [-0.2, 0) is 6.54 Å². The van der Waals surface area contributed by atoms with Crippen LogP contribution in [0.2, 0.25) is 0 Å². The van der Waals surface area contributed by atoms with E-state index in [1.807, 2.05) is 30.3 Å². The molecular weight excluding hydrogens is 376 g/mol. The number of rotatable bonds is 4. The van der Waals surface area contributed by atoms with E-state index in [0.717, 1.165) is 36.5 Å². The molecule has 5 rings (SSSR count). The van der Waals surface area contributed by atoms with Crippen molar-refractivity contribution in [3.05, 3.63) is 84.0 Å². The monoisotopic (exact) mass is 402 g/mol. The molecule has 2 atom stereocenters. The quantitative estimate of drug-likeness (QED) is 0.617. The third-order valence-electron chi connectivity index (χ3n) is 5.90. The summed E-state index contributed by atoms with van der Waals surface area (Å²) in [6.45, 7) is 2.39. The predicted octanol–water partition coefficient (Wildman–Crippen LogP) is 2.44. The second kappa shape index (κ2) is 8.04. The van der Waals surface area contributed by atoms with Crippen LogP contribution in [0, 0.1) is 0 Å². The molecule has 2 aromatic carbocycles. The van der Waals surface area contributed by atoms with Crippen LogP contribution in [0.1, 0.15) is 12.0 Å². The molecule has 30 heavy (non-hydrogen) atoms. The molecule has 0 amide bonds. The van der Waals surface area contributed by atoms with Crippen LogP contribution in [0.5, 0.6) is 0 Å². The van der Waals surface area contributed by atoms with E-state index in [1.165, 1.54) is 23.2 Å². The lowest BCUT2D eigenvalue weighted by molar-refractivity contribution is 0.130. The van der Waals surface area contributed by atoms with Crippen molar-refractivity contribution in [1.82, 2.24) is 15.2 Å². The molecule has 2 unspecified atom stereocenters. The van der Waals surface area contributed by atoms with E-state index in [9.17, 15) is 0 Å². The van der Waals surface area contributed by atoms with Crippen molar-refractivity contribution in [2.24, 2.45) is 11.5 Å². The number of hydrogen-bond donors (Lipinski definition) is 3. The molecule has 5 N–H and O–H groups in total. The van der Waals surface area contributed by atoms with Crippen molar-refractivity contribution in [3.63, 3.8) is 0 Å². The molecule has 0 saturated carbocycles. The minimum Gasteiger partial charge on any atom is -0.444 e. The maximum absolute atomic E-state index is 6.82. The fraction of sp³-hybridized carbons (Fsp3) is 0.261. The van der Waals surface area contributed by atoms with E-state index in [2.05, 4.69) is 44.4 Å². The van der Waals surface area contributed by atoms with Gasteiger partial charge in [-0.3, -0.25) is 5.73 Å². The number of aromatic nitrogens is 1. The lowest BCUT2D eigenvalue weighted by atomic mass is 9.98. The molecule has 0 aliphatic carbocycles. The van der Waals surface area contributed by atoms with Gasteiger partial charge in [-0.15, -0.1) is 0 Å². The summed E-state index contributed by atoms with van der Waals surface area (Å²) in [6.07, 6.45) is 3.50. The molecule has 7 heteroatoms. The Morgan fingerprint density at radius 3 is 2.60 bits per heavy atom. The smallest absolute Gasteiger partial charge is 0.181 e. The third-order valence-corrected chi connectivity index (χ3v) is 5.90. The zero-order chi connectivity index (χ0) is 20.5. The topological polar surface area (TPSA) is 96.6 Å². The maximum Gasteiger partial charge on any atom is 0.181 e. The van der Waals surface area contributed by atoms with Gasteiger partial charge in [0.15, 0.2) is 12.2 Å². The van der Waals surface area contributed by atoms with Gasteiger partial charge in [-0.05, 0) is 35.4 Å². The summed E-state index contributed by atoms with van der Waals surface area (Å²) in [4.78, 5) is 8.39. The molecule has 0 bridgehead atoms. The normalized spacial score (nSPS) is 22.3. The number of nitrogens with zero attached hydrogens (tertiary/aromatic N) is 3. The fourth-order valence-corrected chi connectivity index (χ4v) is 4.35. The highest BCUT2D eigenvalue weighted by Crippen LogP contribution is 2.35. The van der Waals surface area contributed by atoms with Gasteiger partial charge < -0.3 is 20.4 Å². The molecular formula is C23H26N6O. The summed E-state index contributed by atoms with van der Waals surface area (Å²) in [5, 5.41) is 3.46. The molecule has 0 fully saturated rings. The molecule has 3 heterocycles. The third kappa shape index (κ3) is 3.42. The number of nitrogens with two attached hydrogens (primary N) is 2. The standard InChI is InChI=1S/C23H26N6O/c24-22-19-12-26-11-10-20(19)29(23(25)28(22)14-16-4-2-1-3-5-16)18-8-6-17(7-9-18)21-13-27-15-30-21/h1-9,13,15,22-23,26H,10-12,14,24-25H2. The average molecular weight is 403 g/mol. The number of nitrogens with one attached hydrogen (secondary N) is 1. The lowest BCUT2D eigenvalue weighted by Gasteiger charge is -2.49. The van der Waals surface area contributed by atoms with Crippen molar-refractivity contribution >= 4 is 5.69 Å². The summed E-state index contributed by atoms with van der Waals surface area (Å²) in [5.41, 5.74) is 19.2. The van der Waals surface area contributed by atoms with Gasteiger partial charge in [0.25, 0.3) is 0 Å². The predicted molar refractivity (Wildman–Crippen MR) is 117 cm³/mol. The Morgan fingerprint density at radius 2 is 1.87 bits per heavy atom. The average Bonchev–Trinajstić information content (AvgIpc) is 3.33. The van der Waals surface area contributed by atoms with Crippen molar-refractivity contribution in [2.45, 2.75) is 25.4 Å². The van der Waals surface area contributed by atoms with Crippen LogP contribution in [0.25, 0.3) is 11.3 Å². The van der Waals surface area contributed by atoms with Crippen LogP contribution < -0.4 is 21.7 Å². The van der Waals surface area contributed by atoms with Crippen LogP contribution in [0.4, 0.5) is 5.69 Å². The first kappa shape index (κ1) is 19.0.